The molecule has 118 valence electrons. The second-order valence-electron chi connectivity index (χ2n) is 6.62. The highest BCUT2D eigenvalue weighted by Crippen LogP contribution is 2.25. The third-order valence-corrected chi connectivity index (χ3v) is 3.44. The number of para-hydroxylation sites is 1. The van der Waals surface area contributed by atoms with Gasteiger partial charge in [-0.3, -0.25) is 4.57 Å². The molecule has 0 unspecified atom stereocenters. The summed E-state index contributed by atoms with van der Waals surface area (Å²) in [4.78, 5) is 27.4. The number of aliphatic carboxylic acids is 1. The molecule has 0 aliphatic rings. The van der Waals surface area contributed by atoms with E-state index in [2.05, 4.69) is 10.3 Å². The number of aryl methyl sites for hydroxylation is 1. The maximum atomic E-state index is 12.0. The van der Waals surface area contributed by atoms with E-state index in [0.717, 1.165) is 5.39 Å². The van der Waals surface area contributed by atoms with Gasteiger partial charge in [-0.15, -0.1) is 0 Å². The van der Waals surface area contributed by atoms with Gasteiger partial charge in [0.15, 0.2) is 0 Å². The highest BCUT2D eigenvalue weighted by atomic mass is 16.4. The fourth-order valence-electron chi connectivity index (χ4n) is 2.39. The molecule has 1 aromatic heterocycles. The summed E-state index contributed by atoms with van der Waals surface area (Å²) in [5.41, 5.74) is 0.136. The minimum atomic E-state index is -0.957. The number of hydrogen-bond acceptors (Lipinski definition) is 4. The van der Waals surface area contributed by atoms with Crippen molar-refractivity contribution in [2.75, 3.05) is 5.32 Å². The van der Waals surface area contributed by atoms with Gasteiger partial charge in [-0.1, -0.05) is 32.9 Å². The lowest BCUT2D eigenvalue weighted by molar-refractivity contribution is -0.138. The average molecular weight is 303 g/mol. The van der Waals surface area contributed by atoms with Crippen LogP contribution < -0.4 is 11.0 Å². The van der Waals surface area contributed by atoms with Crippen LogP contribution in [0.25, 0.3) is 10.9 Å². The first-order chi connectivity index (χ1) is 10.2. The van der Waals surface area contributed by atoms with Crippen molar-refractivity contribution in [1.29, 1.82) is 0 Å². The molecular formula is C16H21N3O3. The van der Waals surface area contributed by atoms with Gasteiger partial charge in [-0.05, 0) is 24.0 Å². The Morgan fingerprint density at radius 1 is 1.36 bits per heavy atom. The zero-order valence-electron chi connectivity index (χ0n) is 13.3. The van der Waals surface area contributed by atoms with Gasteiger partial charge in [-0.2, -0.15) is 4.98 Å². The van der Waals surface area contributed by atoms with E-state index in [1.165, 1.54) is 4.57 Å². The van der Waals surface area contributed by atoms with Gasteiger partial charge < -0.3 is 10.4 Å². The summed E-state index contributed by atoms with van der Waals surface area (Å²) in [5, 5.41) is 13.1. The molecule has 0 amide bonds. The summed E-state index contributed by atoms with van der Waals surface area (Å²) in [5.74, 6) is -0.642. The standard InChI is InChI=1S/C16H21N3O3/c1-16(2,3)9-11(14(20)21)17-13-10-7-5-6-8-12(10)19(4)15(22)18-13/h5-8,11H,9H2,1-4H3,(H,20,21)(H,17,18,22)/t11-/m0/s1. The van der Waals surface area contributed by atoms with Crippen LogP contribution >= 0.6 is 0 Å². The van der Waals surface area contributed by atoms with E-state index in [-0.39, 0.29) is 5.41 Å². The van der Waals surface area contributed by atoms with Crippen molar-refractivity contribution in [3.8, 4) is 0 Å². The van der Waals surface area contributed by atoms with E-state index < -0.39 is 17.7 Å². The number of nitrogens with zero attached hydrogens (tertiary/aromatic N) is 2. The quantitative estimate of drug-likeness (QED) is 0.905. The molecule has 1 heterocycles. The van der Waals surface area contributed by atoms with E-state index in [1.807, 2.05) is 45.0 Å². The van der Waals surface area contributed by atoms with E-state index in [1.54, 1.807) is 7.05 Å². The summed E-state index contributed by atoms with van der Waals surface area (Å²) in [6.07, 6.45) is 0.424. The SMILES string of the molecule is Cn1c(=O)nc(N[C@@H](CC(C)(C)C)C(=O)O)c2ccccc21. The molecule has 0 saturated carbocycles. The summed E-state index contributed by atoms with van der Waals surface area (Å²) < 4.78 is 1.44. The lowest BCUT2D eigenvalue weighted by Crippen LogP contribution is -2.35. The maximum Gasteiger partial charge on any atom is 0.349 e. The van der Waals surface area contributed by atoms with Crippen molar-refractivity contribution in [2.45, 2.75) is 33.2 Å². The van der Waals surface area contributed by atoms with Crippen molar-refractivity contribution in [1.82, 2.24) is 9.55 Å². The molecule has 1 aromatic carbocycles. The van der Waals surface area contributed by atoms with Crippen LogP contribution in [0.5, 0.6) is 0 Å². The first-order valence-corrected chi connectivity index (χ1v) is 7.14. The van der Waals surface area contributed by atoms with Crippen molar-refractivity contribution in [3.63, 3.8) is 0 Å². The number of carboxylic acid groups (broad SMARTS) is 1. The molecular weight excluding hydrogens is 282 g/mol. The molecule has 0 bridgehead atoms. The number of hydrogen-bond donors (Lipinski definition) is 2. The summed E-state index contributed by atoms with van der Waals surface area (Å²) in [6, 6.07) is 6.49. The van der Waals surface area contributed by atoms with Crippen LogP contribution in [0.15, 0.2) is 29.1 Å². The molecule has 0 saturated heterocycles. The van der Waals surface area contributed by atoms with E-state index in [9.17, 15) is 14.7 Å². The second kappa shape index (κ2) is 5.79. The summed E-state index contributed by atoms with van der Waals surface area (Å²) in [7, 11) is 1.64. The lowest BCUT2D eigenvalue weighted by atomic mass is 9.88. The molecule has 0 aliphatic heterocycles. The smallest absolute Gasteiger partial charge is 0.349 e. The Balaban J connectivity index is 2.48. The maximum absolute atomic E-state index is 12.0. The fourth-order valence-corrected chi connectivity index (χ4v) is 2.39. The first-order valence-electron chi connectivity index (χ1n) is 7.14. The minimum absolute atomic E-state index is 0.161. The number of benzene rings is 1. The molecule has 2 N–H and O–H groups in total. The Morgan fingerprint density at radius 2 is 2.00 bits per heavy atom. The number of carboxylic acids is 1. The zero-order chi connectivity index (χ0) is 16.5. The van der Waals surface area contributed by atoms with Crippen LogP contribution in [0.3, 0.4) is 0 Å². The van der Waals surface area contributed by atoms with Crippen LogP contribution in [0.1, 0.15) is 27.2 Å². The van der Waals surface area contributed by atoms with Gasteiger partial charge in [0.2, 0.25) is 0 Å². The Kier molecular flexibility index (Phi) is 4.21. The number of carbonyl (C=O) groups is 1. The lowest BCUT2D eigenvalue weighted by Gasteiger charge is -2.24. The third-order valence-electron chi connectivity index (χ3n) is 3.44. The largest absolute Gasteiger partial charge is 0.480 e. The van der Waals surface area contributed by atoms with Crippen molar-refractivity contribution in [3.05, 3.63) is 34.7 Å². The molecule has 6 heteroatoms. The Morgan fingerprint density at radius 3 is 2.59 bits per heavy atom. The average Bonchev–Trinajstić information content (AvgIpc) is 2.42. The highest BCUT2D eigenvalue weighted by Gasteiger charge is 2.25. The molecule has 1 atom stereocenters. The van der Waals surface area contributed by atoms with Crippen LogP contribution in [0, 0.1) is 5.41 Å². The van der Waals surface area contributed by atoms with E-state index in [4.69, 9.17) is 0 Å². The van der Waals surface area contributed by atoms with Crippen LogP contribution in [0.4, 0.5) is 5.82 Å². The Bertz CT molecular complexity index is 759. The van der Waals surface area contributed by atoms with Crippen LogP contribution in [-0.2, 0) is 11.8 Å². The normalized spacial score (nSPS) is 13.1. The predicted molar refractivity (Wildman–Crippen MR) is 86.1 cm³/mol. The molecule has 0 aliphatic carbocycles. The predicted octanol–water partition coefficient (Wildman–Crippen LogP) is 2.23. The van der Waals surface area contributed by atoms with Gasteiger partial charge in [0, 0.05) is 12.4 Å². The minimum Gasteiger partial charge on any atom is -0.480 e. The Hall–Kier alpha value is -2.37. The van der Waals surface area contributed by atoms with Gasteiger partial charge in [0.05, 0.1) is 5.52 Å². The molecule has 22 heavy (non-hydrogen) atoms. The van der Waals surface area contributed by atoms with Crippen LogP contribution in [0.2, 0.25) is 0 Å². The zero-order valence-corrected chi connectivity index (χ0v) is 13.3. The van der Waals surface area contributed by atoms with Crippen molar-refractivity contribution >= 4 is 22.7 Å². The fraction of sp³-hybridized carbons (Fsp3) is 0.438. The molecule has 0 fully saturated rings. The van der Waals surface area contributed by atoms with Gasteiger partial charge in [0.25, 0.3) is 0 Å². The topological polar surface area (TPSA) is 84.2 Å². The van der Waals surface area contributed by atoms with Gasteiger partial charge in [0.1, 0.15) is 11.9 Å². The highest BCUT2D eigenvalue weighted by molar-refractivity contribution is 5.91. The monoisotopic (exact) mass is 303 g/mol. The summed E-state index contributed by atoms with van der Waals surface area (Å²) >= 11 is 0. The third kappa shape index (κ3) is 3.44. The molecule has 0 spiro atoms. The molecule has 2 rings (SSSR count). The second-order valence-corrected chi connectivity index (χ2v) is 6.62. The van der Waals surface area contributed by atoms with Crippen molar-refractivity contribution in [2.24, 2.45) is 12.5 Å². The first kappa shape index (κ1) is 16.0. The van der Waals surface area contributed by atoms with Gasteiger partial charge in [-0.25, -0.2) is 9.59 Å². The molecule has 2 aromatic rings. The van der Waals surface area contributed by atoms with E-state index >= 15 is 0 Å². The van der Waals surface area contributed by atoms with Crippen molar-refractivity contribution < 1.29 is 9.90 Å². The Labute approximate surface area is 128 Å². The number of rotatable bonds is 4. The number of aromatic nitrogens is 2. The summed E-state index contributed by atoms with van der Waals surface area (Å²) in [6.45, 7) is 5.92. The van der Waals surface area contributed by atoms with E-state index in [0.29, 0.717) is 17.8 Å². The van der Waals surface area contributed by atoms with Gasteiger partial charge >= 0.3 is 11.7 Å². The number of nitrogens with one attached hydrogen (secondary N) is 1. The van der Waals surface area contributed by atoms with Crippen LogP contribution in [-0.4, -0.2) is 26.7 Å². The molecule has 6 nitrogen and oxygen atoms in total. The number of fused-ring (bicyclic) bond motifs is 1. The molecule has 0 radical (unpaired) electrons. The number of anilines is 1.